The van der Waals surface area contributed by atoms with Crippen LogP contribution in [0.4, 0.5) is 0 Å². The van der Waals surface area contributed by atoms with Crippen LogP contribution in [0.1, 0.15) is 89.9 Å². The lowest BCUT2D eigenvalue weighted by molar-refractivity contribution is -0.206. The SMILES string of the molecule is CCC[C@H]1CC[C@H](CCCOc2ccc([C@H]3OC[C@H](CCC)CO3)cc2)CC1. The molecule has 28 heavy (non-hydrogen) atoms. The summed E-state index contributed by atoms with van der Waals surface area (Å²) in [4.78, 5) is 0. The topological polar surface area (TPSA) is 27.7 Å². The van der Waals surface area contributed by atoms with Crippen LogP contribution in [-0.2, 0) is 9.47 Å². The standard InChI is InChI=1S/C25H40O3/c1-3-6-20-9-11-21(12-10-20)8-5-17-26-24-15-13-23(14-16-24)25-27-18-22(7-4-2)19-28-25/h13-16,20-22,25H,3-12,17-19H2,1-2H3/t20-,21-,22-,25-. The van der Waals surface area contributed by atoms with Gasteiger partial charge in [0.2, 0.25) is 0 Å². The molecular formula is C25H40O3. The molecule has 2 aliphatic rings. The van der Waals surface area contributed by atoms with Crippen LogP contribution in [0.15, 0.2) is 24.3 Å². The number of rotatable bonds is 10. The van der Waals surface area contributed by atoms with E-state index in [1.165, 1.54) is 64.2 Å². The third-order valence-corrected chi connectivity index (χ3v) is 6.50. The Balaban J connectivity index is 1.31. The van der Waals surface area contributed by atoms with Crippen molar-refractivity contribution in [3.63, 3.8) is 0 Å². The molecule has 0 atom stereocenters. The smallest absolute Gasteiger partial charge is 0.183 e. The van der Waals surface area contributed by atoms with Gasteiger partial charge in [0, 0.05) is 11.5 Å². The maximum absolute atomic E-state index is 5.97. The van der Waals surface area contributed by atoms with E-state index in [1.54, 1.807) is 0 Å². The van der Waals surface area contributed by atoms with Gasteiger partial charge in [-0.25, -0.2) is 0 Å². The van der Waals surface area contributed by atoms with Crippen LogP contribution in [0, 0.1) is 17.8 Å². The fourth-order valence-corrected chi connectivity index (χ4v) is 4.81. The molecule has 0 unspecified atom stereocenters. The molecule has 0 aromatic heterocycles. The van der Waals surface area contributed by atoms with Gasteiger partial charge in [0.15, 0.2) is 6.29 Å². The predicted molar refractivity (Wildman–Crippen MR) is 115 cm³/mol. The second kappa shape index (κ2) is 11.8. The first-order chi connectivity index (χ1) is 13.8. The quantitative estimate of drug-likeness (QED) is 0.407. The second-order valence-electron chi connectivity index (χ2n) is 8.89. The molecule has 3 rings (SSSR count). The Morgan fingerprint density at radius 2 is 1.36 bits per heavy atom. The van der Waals surface area contributed by atoms with Crippen LogP contribution in [0.5, 0.6) is 5.75 Å². The number of ether oxygens (including phenoxy) is 3. The summed E-state index contributed by atoms with van der Waals surface area (Å²) in [5, 5.41) is 0. The number of hydrogen-bond donors (Lipinski definition) is 0. The first-order valence-electron chi connectivity index (χ1n) is 11.7. The van der Waals surface area contributed by atoms with E-state index in [4.69, 9.17) is 14.2 Å². The van der Waals surface area contributed by atoms with E-state index in [-0.39, 0.29) is 6.29 Å². The summed E-state index contributed by atoms with van der Waals surface area (Å²) in [7, 11) is 0. The Morgan fingerprint density at radius 3 is 1.96 bits per heavy atom. The van der Waals surface area contributed by atoms with Gasteiger partial charge in [-0.3, -0.25) is 0 Å². The van der Waals surface area contributed by atoms with Crippen LogP contribution in [0.25, 0.3) is 0 Å². The Morgan fingerprint density at radius 1 is 0.786 bits per heavy atom. The average molecular weight is 389 g/mol. The molecule has 1 saturated carbocycles. The van der Waals surface area contributed by atoms with Gasteiger partial charge in [0.25, 0.3) is 0 Å². The lowest BCUT2D eigenvalue weighted by atomic mass is 9.78. The molecule has 0 radical (unpaired) electrons. The van der Waals surface area contributed by atoms with Crippen LogP contribution in [-0.4, -0.2) is 19.8 Å². The van der Waals surface area contributed by atoms with E-state index in [9.17, 15) is 0 Å². The second-order valence-corrected chi connectivity index (χ2v) is 8.89. The molecular weight excluding hydrogens is 348 g/mol. The minimum atomic E-state index is -0.218. The monoisotopic (exact) mass is 388 g/mol. The zero-order chi connectivity index (χ0) is 19.6. The molecule has 3 heteroatoms. The highest BCUT2D eigenvalue weighted by atomic mass is 16.7. The summed E-state index contributed by atoms with van der Waals surface area (Å²) in [5.41, 5.74) is 1.09. The van der Waals surface area contributed by atoms with Crippen molar-refractivity contribution in [3.05, 3.63) is 29.8 Å². The Hall–Kier alpha value is -1.06. The fourth-order valence-electron chi connectivity index (χ4n) is 4.81. The highest BCUT2D eigenvalue weighted by molar-refractivity contribution is 5.28. The first kappa shape index (κ1) is 21.6. The number of benzene rings is 1. The van der Waals surface area contributed by atoms with Gasteiger partial charge in [-0.05, 0) is 43.2 Å². The van der Waals surface area contributed by atoms with Crippen molar-refractivity contribution >= 4 is 0 Å². The van der Waals surface area contributed by atoms with Crippen molar-refractivity contribution in [2.24, 2.45) is 17.8 Å². The van der Waals surface area contributed by atoms with Gasteiger partial charge in [-0.1, -0.05) is 70.9 Å². The summed E-state index contributed by atoms with van der Waals surface area (Å²) < 4.78 is 17.8. The molecule has 1 aromatic carbocycles. The summed E-state index contributed by atoms with van der Waals surface area (Å²) in [5.74, 6) is 3.43. The van der Waals surface area contributed by atoms with Crippen LogP contribution in [0.3, 0.4) is 0 Å². The van der Waals surface area contributed by atoms with E-state index in [0.717, 1.165) is 43.0 Å². The van der Waals surface area contributed by atoms with E-state index < -0.39 is 0 Å². The molecule has 0 spiro atoms. The van der Waals surface area contributed by atoms with Crippen molar-refractivity contribution in [2.75, 3.05) is 19.8 Å². The van der Waals surface area contributed by atoms with E-state index in [0.29, 0.717) is 5.92 Å². The molecule has 1 saturated heterocycles. The third kappa shape index (κ3) is 6.77. The maximum Gasteiger partial charge on any atom is 0.183 e. The van der Waals surface area contributed by atoms with Crippen molar-refractivity contribution in [2.45, 2.75) is 84.3 Å². The third-order valence-electron chi connectivity index (χ3n) is 6.50. The minimum absolute atomic E-state index is 0.218. The van der Waals surface area contributed by atoms with Crippen LogP contribution in [0.2, 0.25) is 0 Å². The van der Waals surface area contributed by atoms with E-state index >= 15 is 0 Å². The van der Waals surface area contributed by atoms with Crippen molar-refractivity contribution in [1.82, 2.24) is 0 Å². The zero-order valence-corrected chi connectivity index (χ0v) is 18.0. The zero-order valence-electron chi connectivity index (χ0n) is 18.0. The highest BCUT2D eigenvalue weighted by Gasteiger charge is 2.23. The summed E-state index contributed by atoms with van der Waals surface area (Å²) in [6, 6.07) is 8.26. The Bertz CT molecular complexity index is 525. The molecule has 0 amide bonds. The normalized spacial score (nSPS) is 28.2. The van der Waals surface area contributed by atoms with Gasteiger partial charge in [-0.2, -0.15) is 0 Å². The molecule has 0 N–H and O–H groups in total. The molecule has 1 aliphatic carbocycles. The fraction of sp³-hybridized carbons (Fsp3) is 0.760. The summed E-state index contributed by atoms with van der Waals surface area (Å²) in [6.07, 6.45) is 13.2. The number of hydrogen-bond acceptors (Lipinski definition) is 3. The lowest BCUT2D eigenvalue weighted by Gasteiger charge is -2.29. The maximum atomic E-state index is 5.97. The molecule has 1 aromatic rings. The first-order valence-corrected chi connectivity index (χ1v) is 11.7. The highest BCUT2D eigenvalue weighted by Crippen LogP contribution is 2.34. The Labute approximate surface area is 172 Å². The summed E-state index contributed by atoms with van der Waals surface area (Å²) >= 11 is 0. The van der Waals surface area contributed by atoms with Crippen molar-refractivity contribution < 1.29 is 14.2 Å². The van der Waals surface area contributed by atoms with E-state index in [1.807, 2.05) is 0 Å². The molecule has 2 fully saturated rings. The van der Waals surface area contributed by atoms with Crippen LogP contribution >= 0.6 is 0 Å². The molecule has 1 aliphatic heterocycles. The van der Waals surface area contributed by atoms with Crippen molar-refractivity contribution in [1.29, 1.82) is 0 Å². The van der Waals surface area contributed by atoms with Gasteiger partial charge in [0.1, 0.15) is 5.75 Å². The average Bonchev–Trinajstić information content (AvgIpc) is 2.74. The molecule has 3 nitrogen and oxygen atoms in total. The Kier molecular flexibility index (Phi) is 9.14. The predicted octanol–water partition coefficient (Wildman–Crippen LogP) is 6.91. The molecule has 0 bridgehead atoms. The van der Waals surface area contributed by atoms with Gasteiger partial charge < -0.3 is 14.2 Å². The lowest BCUT2D eigenvalue weighted by Crippen LogP contribution is -2.26. The molecule has 1 heterocycles. The van der Waals surface area contributed by atoms with Gasteiger partial charge in [-0.15, -0.1) is 0 Å². The van der Waals surface area contributed by atoms with Gasteiger partial charge >= 0.3 is 0 Å². The summed E-state index contributed by atoms with van der Waals surface area (Å²) in [6.45, 7) is 6.95. The van der Waals surface area contributed by atoms with E-state index in [2.05, 4.69) is 38.1 Å². The minimum Gasteiger partial charge on any atom is -0.494 e. The largest absolute Gasteiger partial charge is 0.494 e. The van der Waals surface area contributed by atoms with Crippen LogP contribution < -0.4 is 4.74 Å². The molecule has 158 valence electrons. The van der Waals surface area contributed by atoms with Gasteiger partial charge in [0.05, 0.1) is 19.8 Å². The van der Waals surface area contributed by atoms with Crippen molar-refractivity contribution in [3.8, 4) is 5.75 Å².